The Morgan fingerprint density at radius 2 is 1.93 bits per heavy atom. The van der Waals surface area contributed by atoms with Gasteiger partial charge < -0.3 is 5.32 Å². The Kier molecular flexibility index (Phi) is 6.93. The van der Waals surface area contributed by atoms with E-state index in [1.165, 1.54) is 11.9 Å². The number of carbonyl (C=O) groups is 1. The van der Waals surface area contributed by atoms with E-state index in [2.05, 4.69) is 63.4 Å². The van der Waals surface area contributed by atoms with Gasteiger partial charge >= 0.3 is 0 Å². The minimum Gasteiger partial charge on any atom is -0.352 e. The molecule has 1 aromatic carbocycles. The summed E-state index contributed by atoms with van der Waals surface area (Å²) < 4.78 is 1.72. The van der Waals surface area contributed by atoms with E-state index in [0.717, 1.165) is 42.1 Å². The van der Waals surface area contributed by atoms with Crippen molar-refractivity contribution in [3.63, 3.8) is 0 Å². The zero-order valence-corrected chi connectivity index (χ0v) is 17.8. The molecule has 0 bridgehead atoms. The van der Waals surface area contributed by atoms with Gasteiger partial charge in [-0.3, -0.25) is 9.69 Å². The third-order valence-corrected chi connectivity index (χ3v) is 5.37. The van der Waals surface area contributed by atoms with Gasteiger partial charge in [-0.2, -0.15) is 10.1 Å². The summed E-state index contributed by atoms with van der Waals surface area (Å²) >= 11 is 0. The highest BCUT2D eigenvalue weighted by Crippen LogP contribution is 2.15. The molecular formula is C22H30N6O. The lowest BCUT2D eigenvalue weighted by Gasteiger charge is -2.18. The fourth-order valence-corrected chi connectivity index (χ4v) is 3.59. The van der Waals surface area contributed by atoms with Crippen LogP contribution in [0.15, 0.2) is 30.6 Å². The lowest BCUT2D eigenvalue weighted by molar-refractivity contribution is -0.121. The molecule has 0 fully saturated rings. The second-order valence-corrected chi connectivity index (χ2v) is 7.29. The van der Waals surface area contributed by atoms with E-state index in [-0.39, 0.29) is 5.91 Å². The van der Waals surface area contributed by atoms with Crippen LogP contribution in [-0.4, -0.2) is 43.5 Å². The second-order valence-electron chi connectivity index (χ2n) is 7.29. The summed E-state index contributed by atoms with van der Waals surface area (Å²) in [5.74, 6) is 0.634. The average Bonchev–Trinajstić information content (AvgIpc) is 3.19. The lowest BCUT2D eigenvalue weighted by Crippen LogP contribution is -2.24. The number of nitrogens with one attached hydrogen (secondary N) is 1. The maximum absolute atomic E-state index is 12.4. The largest absolute Gasteiger partial charge is 0.352 e. The van der Waals surface area contributed by atoms with Crippen LogP contribution in [0.1, 0.15) is 48.3 Å². The summed E-state index contributed by atoms with van der Waals surface area (Å²) in [4.78, 5) is 23.4. The van der Waals surface area contributed by atoms with Crippen molar-refractivity contribution in [3.05, 3.63) is 58.7 Å². The molecule has 0 atom stereocenters. The summed E-state index contributed by atoms with van der Waals surface area (Å²) in [5, 5.41) is 7.24. The van der Waals surface area contributed by atoms with E-state index in [1.807, 2.05) is 13.8 Å². The first-order valence-corrected chi connectivity index (χ1v) is 10.2. The van der Waals surface area contributed by atoms with Crippen molar-refractivity contribution in [1.82, 2.24) is 29.8 Å². The molecular weight excluding hydrogens is 364 g/mol. The number of aryl methyl sites for hydroxylation is 2. The first-order valence-electron chi connectivity index (χ1n) is 10.2. The predicted molar refractivity (Wildman–Crippen MR) is 113 cm³/mol. The van der Waals surface area contributed by atoms with Crippen molar-refractivity contribution < 1.29 is 4.79 Å². The molecule has 2 aromatic heterocycles. The summed E-state index contributed by atoms with van der Waals surface area (Å²) in [6.07, 6.45) is 2.55. The standard InChI is InChI=1S/C22H30N6O/c1-5-27(6-2)14-19-9-7-8-18(12-19)13-23-21(29)11-10-20-16(3)26-22-24-15-25-28(22)17(20)4/h7-9,12,15H,5-6,10-11,13-14H2,1-4H3,(H,23,29). The molecule has 0 aliphatic rings. The first-order chi connectivity index (χ1) is 14.0. The van der Waals surface area contributed by atoms with Gasteiger partial charge in [0.2, 0.25) is 5.91 Å². The van der Waals surface area contributed by atoms with Crippen LogP contribution in [0, 0.1) is 13.8 Å². The van der Waals surface area contributed by atoms with Crippen LogP contribution in [-0.2, 0) is 24.3 Å². The minimum absolute atomic E-state index is 0.0385. The molecule has 3 aromatic rings. The summed E-state index contributed by atoms with van der Waals surface area (Å²) in [7, 11) is 0. The van der Waals surface area contributed by atoms with Crippen LogP contribution in [0.3, 0.4) is 0 Å². The Hall–Kier alpha value is -2.80. The maximum atomic E-state index is 12.4. The SMILES string of the molecule is CCN(CC)Cc1cccc(CNC(=O)CCc2c(C)nc3ncnn3c2C)c1. The predicted octanol–water partition coefficient (Wildman–Crippen LogP) is 2.83. The van der Waals surface area contributed by atoms with E-state index in [9.17, 15) is 4.79 Å². The molecule has 2 heterocycles. The van der Waals surface area contributed by atoms with E-state index in [0.29, 0.717) is 25.2 Å². The van der Waals surface area contributed by atoms with E-state index in [4.69, 9.17) is 0 Å². The first kappa shape index (κ1) is 20.9. The smallest absolute Gasteiger partial charge is 0.252 e. The van der Waals surface area contributed by atoms with Gasteiger partial charge in [0.1, 0.15) is 6.33 Å². The lowest BCUT2D eigenvalue weighted by atomic mass is 10.1. The van der Waals surface area contributed by atoms with Gasteiger partial charge in [0.15, 0.2) is 0 Å². The third kappa shape index (κ3) is 5.17. The van der Waals surface area contributed by atoms with Crippen LogP contribution in [0.4, 0.5) is 0 Å². The van der Waals surface area contributed by atoms with Crippen molar-refractivity contribution in [1.29, 1.82) is 0 Å². The van der Waals surface area contributed by atoms with Crippen LogP contribution >= 0.6 is 0 Å². The highest BCUT2D eigenvalue weighted by atomic mass is 16.1. The molecule has 0 unspecified atom stereocenters. The van der Waals surface area contributed by atoms with Crippen molar-refractivity contribution in [3.8, 4) is 0 Å². The van der Waals surface area contributed by atoms with Gasteiger partial charge in [-0.15, -0.1) is 0 Å². The zero-order chi connectivity index (χ0) is 20.8. The van der Waals surface area contributed by atoms with Gasteiger partial charge in [0.25, 0.3) is 5.78 Å². The molecule has 0 aliphatic carbocycles. The summed E-state index contributed by atoms with van der Waals surface area (Å²) in [6.45, 7) is 11.8. The van der Waals surface area contributed by atoms with Crippen molar-refractivity contribution in [2.45, 2.75) is 53.6 Å². The second kappa shape index (κ2) is 9.60. The number of benzene rings is 1. The Balaban J connectivity index is 1.56. The number of hydrogen-bond acceptors (Lipinski definition) is 5. The van der Waals surface area contributed by atoms with Crippen molar-refractivity contribution >= 4 is 11.7 Å². The monoisotopic (exact) mass is 394 g/mol. The highest BCUT2D eigenvalue weighted by Gasteiger charge is 2.12. The number of hydrogen-bond donors (Lipinski definition) is 1. The summed E-state index contributed by atoms with van der Waals surface area (Å²) in [6, 6.07) is 8.44. The van der Waals surface area contributed by atoms with Crippen molar-refractivity contribution in [2.75, 3.05) is 13.1 Å². The van der Waals surface area contributed by atoms with E-state index < -0.39 is 0 Å². The van der Waals surface area contributed by atoms with E-state index in [1.54, 1.807) is 4.52 Å². The number of rotatable bonds is 9. The quantitative estimate of drug-likeness (QED) is 0.604. The molecule has 1 N–H and O–H groups in total. The van der Waals surface area contributed by atoms with Crippen LogP contribution < -0.4 is 5.32 Å². The van der Waals surface area contributed by atoms with Gasteiger partial charge in [0, 0.05) is 30.9 Å². The molecule has 3 rings (SSSR count). The molecule has 0 aliphatic heterocycles. The topological polar surface area (TPSA) is 75.4 Å². The Morgan fingerprint density at radius 1 is 1.17 bits per heavy atom. The Labute approximate surface area is 172 Å². The van der Waals surface area contributed by atoms with Gasteiger partial charge in [-0.25, -0.2) is 9.50 Å². The van der Waals surface area contributed by atoms with Gasteiger partial charge in [-0.05, 0) is 50.0 Å². The summed E-state index contributed by atoms with van der Waals surface area (Å²) in [5.41, 5.74) is 5.35. The van der Waals surface area contributed by atoms with Crippen LogP contribution in [0.25, 0.3) is 5.78 Å². The number of amides is 1. The van der Waals surface area contributed by atoms with E-state index >= 15 is 0 Å². The molecule has 0 spiro atoms. The molecule has 7 nitrogen and oxygen atoms in total. The molecule has 29 heavy (non-hydrogen) atoms. The molecule has 1 amide bonds. The van der Waals surface area contributed by atoms with Gasteiger partial charge in [0.05, 0.1) is 0 Å². The maximum Gasteiger partial charge on any atom is 0.252 e. The average molecular weight is 395 g/mol. The fraction of sp³-hybridized carbons (Fsp3) is 0.455. The number of nitrogens with zero attached hydrogens (tertiary/aromatic N) is 5. The highest BCUT2D eigenvalue weighted by molar-refractivity contribution is 5.76. The minimum atomic E-state index is 0.0385. The molecule has 7 heteroatoms. The fourth-order valence-electron chi connectivity index (χ4n) is 3.59. The van der Waals surface area contributed by atoms with Crippen LogP contribution in [0.2, 0.25) is 0 Å². The number of carbonyl (C=O) groups excluding carboxylic acids is 1. The molecule has 0 radical (unpaired) electrons. The third-order valence-electron chi connectivity index (χ3n) is 5.37. The Morgan fingerprint density at radius 3 is 2.69 bits per heavy atom. The molecule has 154 valence electrons. The Bertz CT molecular complexity index is 977. The molecule has 0 saturated carbocycles. The van der Waals surface area contributed by atoms with Crippen LogP contribution in [0.5, 0.6) is 0 Å². The number of fused-ring (bicyclic) bond motifs is 1. The van der Waals surface area contributed by atoms with Crippen molar-refractivity contribution in [2.24, 2.45) is 0 Å². The zero-order valence-electron chi connectivity index (χ0n) is 17.8. The van der Waals surface area contributed by atoms with Gasteiger partial charge in [-0.1, -0.05) is 38.1 Å². The number of aromatic nitrogens is 4. The normalized spacial score (nSPS) is 11.3. The molecule has 0 saturated heterocycles.